The first kappa shape index (κ1) is 14.2. The van der Waals surface area contributed by atoms with Gasteiger partial charge in [0.2, 0.25) is 0 Å². The Morgan fingerprint density at radius 1 is 1.37 bits per heavy atom. The van der Waals surface area contributed by atoms with E-state index in [2.05, 4.69) is 55.7 Å². The van der Waals surface area contributed by atoms with Gasteiger partial charge in [-0.3, -0.25) is 4.98 Å². The van der Waals surface area contributed by atoms with Gasteiger partial charge < -0.3 is 9.88 Å². The van der Waals surface area contributed by atoms with Crippen molar-refractivity contribution in [2.24, 2.45) is 0 Å². The van der Waals surface area contributed by atoms with Gasteiger partial charge in [-0.05, 0) is 40.5 Å². The SMILES string of the molecule is CCCn1ccnc1C(NCC)c1cncc(Br)c1. The van der Waals surface area contributed by atoms with Gasteiger partial charge in [0.25, 0.3) is 0 Å². The van der Waals surface area contributed by atoms with Gasteiger partial charge in [0, 0.05) is 35.8 Å². The Kier molecular flexibility index (Phi) is 5.10. The molecule has 2 aromatic heterocycles. The Balaban J connectivity index is 2.36. The van der Waals surface area contributed by atoms with Crippen LogP contribution in [0.15, 0.2) is 35.3 Å². The second kappa shape index (κ2) is 6.82. The lowest BCUT2D eigenvalue weighted by Gasteiger charge is -2.19. The molecule has 102 valence electrons. The van der Waals surface area contributed by atoms with Gasteiger partial charge >= 0.3 is 0 Å². The molecule has 0 aliphatic rings. The number of halogens is 1. The summed E-state index contributed by atoms with van der Waals surface area (Å²) < 4.78 is 3.19. The van der Waals surface area contributed by atoms with Crippen LogP contribution in [0, 0.1) is 0 Å². The van der Waals surface area contributed by atoms with Gasteiger partial charge in [-0.25, -0.2) is 4.98 Å². The summed E-state index contributed by atoms with van der Waals surface area (Å²) in [5, 5.41) is 3.48. The van der Waals surface area contributed by atoms with E-state index in [1.165, 1.54) is 0 Å². The quantitative estimate of drug-likeness (QED) is 0.888. The van der Waals surface area contributed by atoms with Gasteiger partial charge in [-0.15, -0.1) is 0 Å². The molecule has 19 heavy (non-hydrogen) atoms. The van der Waals surface area contributed by atoms with Crippen molar-refractivity contribution >= 4 is 15.9 Å². The molecular formula is C14H19BrN4. The summed E-state index contributed by atoms with van der Waals surface area (Å²) in [5.74, 6) is 1.05. The fourth-order valence-corrected chi connectivity index (χ4v) is 2.54. The highest BCUT2D eigenvalue weighted by Gasteiger charge is 2.18. The molecule has 0 saturated heterocycles. The maximum Gasteiger partial charge on any atom is 0.130 e. The molecule has 0 aromatic carbocycles. The third-order valence-electron chi connectivity index (χ3n) is 2.94. The number of hydrogen-bond donors (Lipinski definition) is 1. The molecule has 0 fully saturated rings. The number of nitrogens with one attached hydrogen (secondary N) is 1. The summed E-state index contributed by atoms with van der Waals surface area (Å²) in [4.78, 5) is 8.77. The zero-order valence-corrected chi connectivity index (χ0v) is 12.9. The minimum absolute atomic E-state index is 0.0801. The number of aryl methyl sites for hydroxylation is 1. The average molecular weight is 323 g/mol. The van der Waals surface area contributed by atoms with Crippen LogP contribution in [0.25, 0.3) is 0 Å². The van der Waals surface area contributed by atoms with Gasteiger partial charge in [-0.2, -0.15) is 0 Å². The molecule has 2 rings (SSSR count). The highest BCUT2D eigenvalue weighted by atomic mass is 79.9. The van der Waals surface area contributed by atoms with E-state index in [-0.39, 0.29) is 6.04 Å². The number of nitrogens with zero attached hydrogens (tertiary/aromatic N) is 3. The summed E-state index contributed by atoms with van der Waals surface area (Å²) in [5.41, 5.74) is 1.12. The minimum Gasteiger partial charge on any atom is -0.333 e. The minimum atomic E-state index is 0.0801. The molecule has 5 heteroatoms. The van der Waals surface area contributed by atoms with Crippen LogP contribution in [-0.4, -0.2) is 21.1 Å². The fraction of sp³-hybridized carbons (Fsp3) is 0.429. The van der Waals surface area contributed by atoms with Crippen LogP contribution in [0.4, 0.5) is 0 Å². The van der Waals surface area contributed by atoms with Crippen LogP contribution in [0.1, 0.15) is 37.7 Å². The van der Waals surface area contributed by atoms with E-state index >= 15 is 0 Å². The maximum absolute atomic E-state index is 4.52. The summed E-state index contributed by atoms with van der Waals surface area (Å²) in [7, 11) is 0. The van der Waals surface area contributed by atoms with Gasteiger partial charge in [0.05, 0.1) is 6.04 Å². The Hall–Kier alpha value is -1.20. The summed E-state index contributed by atoms with van der Waals surface area (Å²) in [6.45, 7) is 6.15. The van der Waals surface area contributed by atoms with Crippen molar-refractivity contribution in [1.29, 1.82) is 0 Å². The molecule has 0 amide bonds. The van der Waals surface area contributed by atoms with Gasteiger partial charge in [-0.1, -0.05) is 13.8 Å². The number of hydrogen-bond acceptors (Lipinski definition) is 3. The fourth-order valence-electron chi connectivity index (χ4n) is 2.16. The van der Waals surface area contributed by atoms with Gasteiger partial charge in [0.15, 0.2) is 0 Å². The second-order valence-corrected chi connectivity index (χ2v) is 5.32. The van der Waals surface area contributed by atoms with Gasteiger partial charge in [0.1, 0.15) is 5.82 Å². The molecule has 4 nitrogen and oxygen atoms in total. The van der Waals surface area contributed by atoms with Crippen molar-refractivity contribution in [3.63, 3.8) is 0 Å². The van der Waals surface area contributed by atoms with E-state index in [1.54, 1.807) is 6.20 Å². The normalized spacial score (nSPS) is 12.6. The highest BCUT2D eigenvalue weighted by Crippen LogP contribution is 2.22. The van der Waals surface area contributed by atoms with E-state index in [0.29, 0.717) is 0 Å². The molecule has 1 unspecified atom stereocenters. The smallest absolute Gasteiger partial charge is 0.130 e. The lowest BCUT2D eigenvalue weighted by molar-refractivity contribution is 0.543. The standard InChI is InChI=1S/C14H19BrN4/c1-3-6-19-7-5-18-14(19)13(17-4-2)11-8-12(15)10-16-9-11/h5,7-10,13,17H,3-4,6H2,1-2H3. The van der Waals surface area contributed by atoms with Crippen LogP contribution in [0.3, 0.4) is 0 Å². The lowest BCUT2D eigenvalue weighted by atomic mass is 10.1. The first-order valence-corrected chi connectivity index (χ1v) is 7.40. The molecule has 2 heterocycles. The van der Waals surface area contributed by atoms with Crippen LogP contribution in [0.5, 0.6) is 0 Å². The molecule has 1 N–H and O–H groups in total. The average Bonchev–Trinajstić information content (AvgIpc) is 2.84. The number of aromatic nitrogens is 3. The first-order valence-electron chi connectivity index (χ1n) is 6.61. The number of rotatable bonds is 6. The Morgan fingerprint density at radius 2 is 2.21 bits per heavy atom. The third kappa shape index (κ3) is 3.42. The molecule has 0 spiro atoms. The van der Waals surface area contributed by atoms with E-state index in [9.17, 15) is 0 Å². The Morgan fingerprint density at radius 3 is 2.89 bits per heavy atom. The predicted octanol–water partition coefficient (Wildman–Crippen LogP) is 3.15. The summed E-state index contributed by atoms with van der Waals surface area (Å²) >= 11 is 3.48. The van der Waals surface area contributed by atoms with Crippen molar-refractivity contribution in [3.8, 4) is 0 Å². The summed E-state index contributed by atoms with van der Waals surface area (Å²) in [6.07, 6.45) is 8.68. The van der Waals surface area contributed by atoms with Crippen LogP contribution >= 0.6 is 15.9 Å². The molecule has 0 bridgehead atoms. The van der Waals surface area contributed by atoms with E-state index < -0.39 is 0 Å². The van der Waals surface area contributed by atoms with Crippen molar-refractivity contribution < 1.29 is 0 Å². The van der Waals surface area contributed by atoms with Crippen molar-refractivity contribution in [1.82, 2.24) is 19.9 Å². The first-order chi connectivity index (χ1) is 9.26. The van der Waals surface area contributed by atoms with Crippen LogP contribution in [-0.2, 0) is 6.54 Å². The van der Waals surface area contributed by atoms with Crippen molar-refractivity contribution in [2.75, 3.05) is 6.54 Å². The largest absolute Gasteiger partial charge is 0.333 e. The number of imidazole rings is 1. The summed E-state index contributed by atoms with van der Waals surface area (Å²) in [6, 6.07) is 2.17. The third-order valence-corrected chi connectivity index (χ3v) is 3.37. The lowest BCUT2D eigenvalue weighted by Crippen LogP contribution is -2.25. The Bertz CT molecular complexity index is 524. The van der Waals surface area contributed by atoms with Crippen molar-refractivity contribution in [3.05, 3.63) is 46.7 Å². The monoisotopic (exact) mass is 322 g/mol. The molecule has 0 saturated carbocycles. The molecule has 0 radical (unpaired) electrons. The number of pyridine rings is 1. The van der Waals surface area contributed by atoms with Crippen LogP contribution < -0.4 is 5.32 Å². The van der Waals surface area contributed by atoms with E-state index in [0.717, 1.165) is 35.4 Å². The van der Waals surface area contributed by atoms with E-state index in [1.807, 2.05) is 18.6 Å². The zero-order valence-electron chi connectivity index (χ0n) is 11.3. The molecule has 0 aliphatic heterocycles. The van der Waals surface area contributed by atoms with Crippen molar-refractivity contribution in [2.45, 2.75) is 32.9 Å². The molecule has 0 aliphatic carbocycles. The van der Waals surface area contributed by atoms with Crippen LogP contribution in [0.2, 0.25) is 0 Å². The molecule has 2 aromatic rings. The van der Waals surface area contributed by atoms with E-state index in [4.69, 9.17) is 0 Å². The highest BCUT2D eigenvalue weighted by molar-refractivity contribution is 9.10. The molecular weight excluding hydrogens is 304 g/mol. The Labute approximate surface area is 122 Å². The predicted molar refractivity (Wildman–Crippen MR) is 80.0 cm³/mol. The topological polar surface area (TPSA) is 42.7 Å². The zero-order chi connectivity index (χ0) is 13.7. The maximum atomic E-state index is 4.52. The molecule has 1 atom stereocenters. The second-order valence-electron chi connectivity index (χ2n) is 4.41.